The minimum absolute atomic E-state index is 0.250. The predicted molar refractivity (Wildman–Crippen MR) is 112 cm³/mol. The number of nitrogens with zero attached hydrogens (tertiary/aromatic N) is 2. The van der Waals surface area contributed by atoms with Crippen molar-refractivity contribution < 1.29 is 14.3 Å². The van der Waals surface area contributed by atoms with Crippen molar-refractivity contribution in [1.82, 2.24) is 9.55 Å². The molecule has 0 aliphatic heterocycles. The van der Waals surface area contributed by atoms with Crippen molar-refractivity contribution in [3.05, 3.63) is 67.7 Å². The summed E-state index contributed by atoms with van der Waals surface area (Å²) in [6.07, 6.45) is 6.23. The molecule has 29 heavy (non-hydrogen) atoms. The van der Waals surface area contributed by atoms with E-state index in [1.165, 1.54) is 23.5 Å². The van der Waals surface area contributed by atoms with Gasteiger partial charge in [0.2, 0.25) is 0 Å². The van der Waals surface area contributed by atoms with E-state index in [4.69, 9.17) is 5.11 Å². The summed E-state index contributed by atoms with van der Waals surface area (Å²) in [5.41, 5.74) is 2.07. The highest BCUT2D eigenvalue weighted by Crippen LogP contribution is 2.37. The van der Waals surface area contributed by atoms with E-state index >= 15 is 0 Å². The van der Waals surface area contributed by atoms with E-state index in [0.29, 0.717) is 23.4 Å². The van der Waals surface area contributed by atoms with Crippen LogP contribution in [0.1, 0.15) is 60.5 Å². The summed E-state index contributed by atoms with van der Waals surface area (Å²) in [7, 11) is 0. The molecule has 0 amide bonds. The van der Waals surface area contributed by atoms with Crippen LogP contribution in [0.5, 0.6) is 0 Å². The highest BCUT2D eigenvalue weighted by Gasteiger charge is 2.26. The molecule has 1 aromatic carbocycles. The molecule has 1 aliphatic carbocycles. The topological polar surface area (TPSA) is 72.2 Å². The van der Waals surface area contributed by atoms with Crippen LogP contribution in [0.25, 0.3) is 17.0 Å². The Kier molecular flexibility index (Phi) is 5.08. The second kappa shape index (κ2) is 7.55. The first kappa shape index (κ1) is 19.5. The zero-order valence-electron chi connectivity index (χ0n) is 16.2. The number of halogens is 1. The molecule has 1 N–H and O–H groups in total. The number of rotatable bonds is 6. The van der Waals surface area contributed by atoms with Crippen LogP contribution in [0, 0.1) is 5.82 Å². The maximum atomic E-state index is 14.9. The van der Waals surface area contributed by atoms with E-state index in [1.54, 1.807) is 12.3 Å². The summed E-state index contributed by atoms with van der Waals surface area (Å²) in [5, 5.41) is 12.0. The number of pyridine rings is 1. The van der Waals surface area contributed by atoms with E-state index in [0.717, 1.165) is 29.6 Å². The molecule has 0 unspecified atom stereocenters. The van der Waals surface area contributed by atoms with Gasteiger partial charge >= 0.3 is 5.97 Å². The molecular weight excluding hydrogens is 391 g/mol. The minimum atomic E-state index is -1.13. The van der Waals surface area contributed by atoms with E-state index in [-0.39, 0.29) is 22.4 Å². The molecule has 0 saturated heterocycles. The Balaban J connectivity index is 1.81. The lowest BCUT2D eigenvalue weighted by atomic mass is 10.0. The van der Waals surface area contributed by atoms with Gasteiger partial charge in [-0.2, -0.15) is 0 Å². The third-order valence-electron chi connectivity index (χ3n) is 5.08. The number of fused-ring (bicyclic) bond motifs is 1. The Morgan fingerprint density at radius 1 is 1.41 bits per heavy atom. The molecule has 5 nitrogen and oxygen atoms in total. The Morgan fingerprint density at radius 2 is 2.17 bits per heavy atom. The van der Waals surface area contributed by atoms with Crippen molar-refractivity contribution in [2.45, 2.75) is 45.1 Å². The zero-order valence-corrected chi connectivity index (χ0v) is 17.0. The van der Waals surface area contributed by atoms with Crippen molar-refractivity contribution in [2.75, 3.05) is 0 Å². The molecular formula is C22H21FN2O3S. The van der Waals surface area contributed by atoms with E-state index < -0.39 is 11.8 Å². The van der Waals surface area contributed by atoms with Crippen molar-refractivity contribution >= 4 is 34.3 Å². The molecule has 2 heterocycles. The lowest BCUT2D eigenvalue weighted by Crippen LogP contribution is -2.13. The van der Waals surface area contributed by atoms with Crippen LogP contribution in [-0.2, 0) is 11.2 Å². The molecule has 7 heteroatoms. The Labute approximate surface area is 171 Å². The standard InChI is InChI=1S/C22H21FN2O3S/c1-12(2)18-11-29-20(24-18)8-14-7-19-16(9-17(14)23)22(28)13(3-6-21(26)27)10-25(19)15-4-5-15/h3,6-7,9-12,15H,4-5,8H2,1-2H3,(H,26,27)/b6-3-. The molecule has 1 fully saturated rings. The fraction of sp³-hybridized carbons (Fsp3) is 0.318. The number of carboxylic acid groups (broad SMARTS) is 1. The molecule has 2 aromatic heterocycles. The molecule has 0 spiro atoms. The maximum Gasteiger partial charge on any atom is 0.328 e. The minimum Gasteiger partial charge on any atom is -0.478 e. The summed E-state index contributed by atoms with van der Waals surface area (Å²) in [6.45, 7) is 4.14. The second-order valence-electron chi connectivity index (χ2n) is 7.68. The number of hydrogen-bond donors (Lipinski definition) is 1. The number of aromatic nitrogens is 2. The number of carbonyl (C=O) groups is 1. The largest absolute Gasteiger partial charge is 0.478 e. The number of carboxylic acids is 1. The van der Waals surface area contributed by atoms with Crippen LogP contribution in [0.15, 0.2) is 34.6 Å². The van der Waals surface area contributed by atoms with E-state index in [9.17, 15) is 14.0 Å². The molecule has 150 valence electrons. The van der Waals surface area contributed by atoms with Crippen molar-refractivity contribution in [3.63, 3.8) is 0 Å². The fourth-order valence-corrected chi connectivity index (χ4v) is 4.32. The predicted octanol–water partition coefficient (Wildman–Crippen LogP) is 4.74. The van der Waals surface area contributed by atoms with Crippen LogP contribution in [0.4, 0.5) is 4.39 Å². The smallest absolute Gasteiger partial charge is 0.328 e. The Morgan fingerprint density at radius 3 is 2.79 bits per heavy atom. The Bertz CT molecular complexity index is 1190. The van der Waals surface area contributed by atoms with Gasteiger partial charge in [-0.3, -0.25) is 4.79 Å². The highest BCUT2D eigenvalue weighted by atomic mass is 32.1. The van der Waals surface area contributed by atoms with Gasteiger partial charge in [0, 0.05) is 41.1 Å². The van der Waals surface area contributed by atoms with E-state index in [2.05, 4.69) is 18.8 Å². The molecule has 4 rings (SSSR count). The molecule has 3 aromatic rings. The number of aliphatic carboxylic acids is 1. The zero-order chi connectivity index (χ0) is 20.7. The van der Waals surface area contributed by atoms with Crippen molar-refractivity contribution in [1.29, 1.82) is 0 Å². The van der Waals surface area contributed by atoms with Gasteiger partial charge in [-0.1, -0.05) is 13.8 Å². The van der Waals surface area contributed by atoms with Gasteiger partial charge in [0.25, 0.3) is 0 Å². The molecule has 1 aliphatic rings. The van der Waals surface area contributed by atoms with Gasteiger partial charge in [0.05, 0.1) is 16.2 Å². The SMILES string of the molecule is CC(C)c1csc(Cc2cc3c(cc2F)c(=O)c(/C=C\C(=O)O)cn3C2CC2)n1. The van der Waals surface area contributed by atoms with Crippen LogP contribution in [0.3, 0.4) is 0 Å². The van der Waals surface area contributed by atoms with Crippen LogP contribution >= 0.6 is 11.3 Å². The van der Waals surface area contributed by atoms with Gasteiger partial charge < -0.3 is 9.67 Å². The van der Waals surface area contributed by atoms with Crippen molar-refractivity contribution in [2.24, 2.45) is 0 Å². The average Bonchev–Trinajstić information content (AvgIpc) is 3.40. The lowest BCUT2D eigenvalue weighted by molar-refractivity contribution is -0.131. The summed E-state index contributed by atoms with van der Waals surface area (Å²) in [6, 6.07) is 3.27. The molecule has 0 bridgehead atoms. The van der Waals surface area contributed by atoms with Gasteiger partial charge in [-0.15, -0.1) is 11.3 Å². The maximum absolute atomic E-state index is 14.9. The summed E-state index contributed by atoms with van der Waals surface area (Å²) in [4.78, 5) is 28.2. The van der Waals surface area contributed by atoms with Gasteiger partial charge in [-0.25, -0.2) is 14.2 Å². The third kappa shape index (κ3) is 4.00. The molecule has 0 atom stereocenters. The van der Waals surface area contributed by atoms with Crippen molar-refractivity contribution in [3.8, 4) is 0 Å². The number of thiazole rings is 1. The molecule has 0 radical (unpaired) electrons. The lowest BCUT2D eigenvalue weighted by Gasteiger charge is -2.13. The van der Waals surface area contributed by atoms with Crippen LogP contribution < -0.4 is 5.43 Å². The van der Waals surface area contributed by atoms with Gasteiger partial charge in [-0.05, 0) is 42.5 Å². The second-order valence-corrected chi connectivity index (χ2v) is 8.62. The van der Waals surface area contributed by atoms with Crippen LogP contribution in [-0.4, -0.2) is 20.6 Å². The first-order chi connectivity index (χ1) is 13.8. The summed E-state index contributed by atoms with van der Waals surface area (Å²) >= 11 is 1.51. The average molecular weight is 412 g/mol. The molecule has 1 saturated carbocycles. The normalized spacial score (nSPS) is 14.3. The van der Waals surface area contributed by atoms with Gasteiger partial charge in [0.15, 0.2) is 5.43 Å². The monoisotopic (exact) mass is 412 g/mol. The fourth-order valence-electron chi connectivity index (χ4n) is 3.34. The quantitative estimate of drug-likeness (QED) is 0.594. The Hall–Kier alpha value is -2.80. The first-order valence-electron chi connectivity index (χ1n) is 9.56. The summed E-state index contributed by atoms with van der Waals surface area (Å²) in [5.74, 6) is -1.26. The highest BCUT2D eigenvalue weighted by molar-refractivity contribution is 7.09. The first-order valence-corrected chi connectivity index (χ1v) is 10.4. The van der Waals surface area contributed by atoms with Crippen LogP contribution in [0.2, 0.25) is 0 Å². The van der Waals surface area contributed by atoms with Gasteiger partial charge in [0.1, 0.15) is 5.82 Å². The van der Waals surface area contributed by atoms with E-state index in [1.807, 2.05) is 9.95 Å². The third-order valence-corrected chi connectivity index (χ3v) is 5.94. The number of benzene rings is 1. The number of hydrogen-bond acceptors (Lipinski definition) is 4. The summed E-state index contributed by atoms with van der Waals surface area (Å²) < 4.78 is 16.8.